The number of rotatable bonds is 3. The summed E-state index contributed by atoms with van der Waals surface area (Å²) in [7, 11) is -3.20. The zero-order valence-electron chi connectivity index (χ0n) is 6.91. The zero-order chi connectivity index (χ0) is 9.03. The lowest BCUT2D eigenvalue weighted by Crippen LogP contribution is -2.21. The molecule has 1 aliphatic rings. The molecule has 0 amide bonds. The summed E-state index contributed by atoms with van der Waals surface area (Å²) >= 11 is 0. The molecule has 5 nitrogen and oxygen atoms in total. The van der Waals surface area contributed by atoms with Crippen LogP contribution in [-0.4, -0.2) is 33.1 Å². The van der Waals surface area contributed by atoms with E-state index >= 15 is 0 Å². The van der Waals surface area contributed by atoms with E-state index in [-0.39, 0.29) is 5.75 Å². The van der Waals surface area contributed by atoms with E-state index in [1.807, 2.05) is 0 Å². The molecule has 0 saturated carbocycles. The molecule has 1 N–H and O–H groups in total. The fourth-order valence-electron chi connectivity index (χ4n) is 0.739. The molecular weight excluding hydrogens is 180 g/mol. The lowest BCUT2D eigenvalue weighted by molar-refractivity contribution is 0.209. The van der Waals surface area contributed by atoms with E-state index in [1.165, 1.54) is 0 Å². The maximum Gasteiger partial charge on any atom is 0.247 e. The predicted octanol–water partition coefficient (Wildman–Crippen LogP) is -0.298. The second kappa shape index (κ2) is 3.86. The Hall–Kier alpha value is -0.620. The number of hydrogen-bond acceptors (Lipinski definition) is 4. The number of nitrogens with zero attached hydrogens (tertiary/aromatic N) is 1. The van der Waals surface area contributed by atoms with Gasteiger partial charge in [-0.2, -0.15) is 5.10 Å². The molecule has 12 heavy (non-hydrogen) atoms. The maximum atomic E-state index is 10.9. The van der Waals surface area contributed by atoms with E-state index in [4.69, 9.17) is 4.74 Å². The lowest BCUT2D eigenvalue weighted by Gasteiger charge is -1.99. The molecule has 70 valence electrons. The van der Waals surface area contributed by atoms with Gasteiger partial charge in [0.25, 0.3) is 0 Å². The van der Waals surface area contributed by atoms with Gasteiger partial charge in [0.15, 0.2) is 0 Å². The van der Waals surface area contributed by atoms with Crippen LogP contribution in [-0.2, 0) is 14.8 Å². The number of sulfonamides is 1. The molecule has 0 atom stereocenters. The smallest absolute Gasteiger partial charge is 0.247 e. The average molecular weight is 192 g/mol. The third kappa shape index (κ3) is 2.78. The highest BCUT2D eigenvalue weighted by molar-refractivity contribution is 7.89. The quantitative estimate of drug-likeness (QED) is 0.624. The van der Waals surface area contributed by atoms with Crippen molar-refractivity contribution < 1.29 is 13.2 Å². The molecule has 1 fully saturated rings. The Bertz CT molecular complexity index is 263. The molecule has 6 heteroatoms. The minimum absolute atomic E-state index is 0.0463. The SMILES string of the molecule is CCS(=O)(=O)N/N=C1\CCOC1. The molecule has 0 aromatic carbocycles. The van der Waals surface area contributed by atoms with Crippen LogP contribution in [0.5, 0.6) is 0 Å². The molecule has 0 bridgehead atoms. The molecule has 0 spiro atoms. The van der Waals surface area contributed by atoms with Gasteiger partial charge in [0.1, 0.15) is 0 Å². The fourth-order valence-corrected chi connectivity index (χ4v) is 1.14. The van der Waals surface area contributed by atoms with Crippen molar-refractivity contribution in [2.24, 2.45) is 5.10 Å². The van der Waals surface area contributed by atoms with Crippen LogP contribution in [0.2, 0.25) is 0 Å². The van der Waals surface area contributed by atoms with E-state index in [2.05, 4.69) is 9.93 Å². The zero-order valence-corrected chi connectivity index (χ0v) is 7.73. The minimum Gasteiger partial charge on any atom is -0.375 e. The normalized spacial score (nSPS) is 21.6. The molecular formula is C6H12N2O3S. The van der Waals surface area contributed by atoms with Crippen molar-refractivity contribution in [3.05, 3.63) is 0 Å². The predicted molar refractivity (Wildman–Crippen MR) is 45.5 cm³/mol. The summed E-state index contributed by atoms with van der Waals surface area (Å²) in [6.45, 7) is 2.63. The first-order valence-corrected chi connectivity index (χ1v) is 5.42. The number of nitrogens with one attached hydrogen (secondary N) is 1. The monoisotopic (exact) mass is 192 g/mol. The summed E-state index contributed by atoms with van der Waals surface area (Å²) in [6.07, 6.45) is 0.715. The van der Waals surface area contributed by atoms with E-state index in [0.29, 0.717) is 19.6 Å². The van der Waals surface area contributed by atoms with E-state index in [1.54, 1.807) is 6.92 Å². The number of hydrogen-bond donors (Lipinski definition) is 1. The second-order valence-corrected chi connectivity index (χ2v) is 4.46. The highest BCUT2D eigenvalue weighted by Gasteiger charge is 2.10. The van der Waals surface area contributed by atoms with Crippen LogP contribution < -0.4 is 4.83 Å². The molecule has 0 aliphatic carbocycles. The largest absolute Gasteiger partial charge is 0.375 e. The van der Waals surface area contributed by atoms with Crippen LogP contribution >= 0.6 is 0 Å². The Labute approximate surface area is 71.8 Å². The van der Waals surface area contributed by atoms with Crippen LogP contribution in [0, 0.1) is 0 Å². The third-order valence-electron chi connectivity index (χ3n) is 1.53. The maximum absolute atomic E-state index is 10.9. The lowest BCUT2D eigenvalue weighted by atomic mass is 10.3. The molecule has 1 rings (SSSR count). The molecule has 0 unspecified atom stereocenters. The van der Waals surface area contributed by atoms with Crippen molar-refractivity contribution >= 4 is 15.7 Å². The van der Waals surface area contributed by atoms with Crippen LogP contribution in [0.15, 0.2) is 5.10 Å². The van der Waals surface area contributed by atoms with Crippen LogP contribution in [0.3, 0.4) is 0 Å². The van der Waals surface area contributed by atoms with Gasteiger partial charge in [0, 0.05) is 6.42 Å². The first kappa shape index (κ1) is 9.47. The molecule has 0 aromatic heterocycles. The summed E-state index contributed by atoms with van der Waals surface area (Å²) < 4.78 is 26.8. The topological polar surface area (TPSA) is 67.8 Å². The van der Waals surface area contributed by atoms with E-state index in [9.17, 15) is 8.42 Å². The summed E-state index contributed by atoms with van der Waals surface area (Å²) in [6, 6.07) is 0. The van der Waals surface area contributed by atoms with Crippen molar-refractivity contribution in [3.63, 3.8) is 0 Å². The number of hydrazone groups is 1. The Kier molecular flexibility index (Phi) is 3.05. The highest BCUT2D eigenvalue weighted by Crippen LogP contribution is 1.98. The van der Waals surface area contributed by atoms with Gasteiger partial charge in [0.05, 0.1) is 24.7 Å². The van der Waals surface area contributed by atoms with Gasteiger partial charge in [-0.25, -0.2) is 13.2 Å². The second-order valence-electron chi connectivity index (χ2n) is 2.48. The van der Waals surface area contributed by atoms with Gasteiger partial charge < -0.3 is 4.74 Å². The van der Waals surface area contributed by atoms with Crippen molar-refractivity contribution in [3.8, 4) is 0 Å². The Morgan fingerprint density at radius 1 is 1.67 bits per heavy atom. The molecule has 0 aromatic rings. The average Bonchev–Trinajstić information content (AvgIpc) is 2.53. The van der Waals surface area contributed by atoms with Gasteiger partial charge in [-0.1, -0.05) is 0 Å². The van der Waals surface area contributed by atoms with Crippen LogP contribution in [0.1, 0.15) is 13.3 Å². The van der Waals surface area contributed by atoms with Crippen molar-refractivity contribution in [2.45, 2.75) is 13.3 Å². The Morgan fingerprint density at radius 2 is 2.42 bits per heavy atom. The van der Waals surface area contributed by atoms with Crippen LogP contribution in [0.25, 0.3) is 0 Å². The van der Waals surface area contributed by atoms with Gasteiger partial charge in [-0.05, 0) is 6.92 Å². The third-order valence-corrected chi connectivity index (χ3v) is 2.66. The summed E-state index contributed by atoms with van der Waals surface area (Å²) in [4.78, 5) is 2.13. The first-order chi connectivity index (χ1) is 5.64. The van der Waals surface area contributed by atoms with Crippen molar-refractivity contribution in [1.29, 1.82) is 0 Å². The number of ether oxygens (including phenoxy) is 1. The van der Waals surface area contributed by atoms with Gasteiger partial charge >= 0.3 is 0 Å². The minimum atomic E-state index is -3.20. The molecule has 1 aliphatic heterocycles. The van der Waals surface area contributed by atoms with Crippen molar-refractivity contribution in [2.75, 3.05) is 19.0 Å². The van der Waals surface area contributed by atoms with E-state index < -0.39 is 10.0 Å². The van der Waals surface area contributed by atoms with Gasteiger partial charge in [-0.3, -0.25) is 0 Å². The summed E-state index contributed by atoms with van der Waals surface area (Å²) in [5, 5.41) is 3.72. The van der Waals surface area contributed by atoms with E-state index in [0.717, 1.165) is 5.71 Å². The first-order valence-electron chi connectivity index (χ1n) is 3.76. The highest BCUT2D eigenvalue weighted by atomic mass is 32.2. The van der Waals surface area contributed by atoms with Gasteiger partial charge in [-0.15, -0.1) is 0 Å². The van der Waals surface area contributed by atoms with Gasteiger partial charge in [0.2, 0.25) is 10.0 Å². The summed E-state index contributed by atoms with van der Waals surface area (Å²) in [5.74, 6) is 0.0463. The fraction of sp³-hybridized carbons (Fsp3) is 0.833. The summed E-state index contributed by atoms with van der Waals surface area (Å²) in [5.41, 5.74) is 0.757. The molecule has 0 radical (unpaired) electrons. The van der Waals surface area contributed by atoms with Crippen molar-refractivity contribution in [1.82, 2.24) is 4.83 Å². The molecule has 1 saturated heterocycles. The molecule has 1 heterocycles. The standard InChI is InChI=1S/C6H12N2O3S/c1-2-12(9,10)8-7-6-3-4-11-5-6/h8H,2-5H2,1H3/b7-6+. The Balaban J connectivity index is 2.48. The Morgan fingerprint density at radius 3 is 2.92 bits per heavy atom. The van der Waals surface area contributed by atoms with Crippen LogP contribution in [0.4, 0.5) is 0 Å².